The Hall–Kier alpha value is -1.44. The second-order valence-corrected chi connectivity index (χ2v) is 9.20. The summed E-state index contributed by atoms with van der Waals surface area (Å²) in [6.07, 6.45) is 3.06. The molecule has 0 spiro atoms. The van der Waals surface area contributed by atoms with Crippen molar-refractivity contribution in [2.75, 3.05) is 39.3 Å². The largest absolute Gasteiger partial charge is 0.355 e. The number of hydrogen-bond donors (Lipinski definition) is 1. The van der Waals surface area contributed by atoms with Gasteiger partial charge in [0.25, 0.3) is 0 Å². The topological polar surface area (TPSA) is 69.7 Å². The summed E-state index contributed by atoms with van der Waals surface area (Å²) < 4.78 is 27.3. The lowest BCUT2D eigenvalue weighted by Crippen LogP contribution is -2.51. The molecule has 1 atom stereocenters. The molecule has 1 aromatic carbocycles. The summed E-state index contributed by atoms with van der Waals surface area (Å²) >= 11 is 0. The third-order valence-electron chi connectivity index (χ3n) is 5.25. The van der Waals surface area contributed by atoms with Crippen LogP contribution in [0.4, 0.5) is 0 Å². The molecule has 0 bridgehead atoms. The third-order valence-corrected chi connectivity index (χ3v) is 7.16. The first-order valence-electron chi connectivity index (χ1n) is 9.97. The fourth-order valence-corrected chi connectivity index (χ4v) is 4.57. The molecule has 152 valence electrons. The lowest BCUT2D eigenvalue weighted by molar-refractivity contribution is -0.122. The Balaban J connectivity index is 1.89. The van der Waals surface area contributed by atoms with Crippen LogP contribution in [0.2, 0.25) is 0 Å². The fraction of sp³-hybridized carbons (Fsp3) is 0.650. The number of carbonyl (C=O) groups excluding carboxylic acids is 1. The summed E-state index contributed by atoms with van der Waals surface area (Å²) in [6.45, 7) is 9.37. The number of amides is 1. The first kappa shape index (κ1) is 21.9. The van der Waals surface area contributed by atoms with E-state index in [0.717, 1.165) is 24.8 Å². The zero-order chi connectivity index (χ0) is 19.9. The minimum Gasteiger partial charge on any atom is -0.355 e. The highest BCUT2D eigenvalue weighted by Crippen LogP contribution is 2.23. The van der Waals surface area contributed by atoms with E-state index in [4.69, 9.17) is 0 Å². The lowest BCUT2D eigenvalue weighted by Gasteiger charge is -2.33. The van der Waals surface area contributed by atoms with E-state index in [1.165, 1.54) is 4.31 Å². The Morgan fingerprint density at radius 3 is 2.30 bits per heavy atom. The van der Waals surface area contributed by atoms with Gasteiger partial charge in [0.1, 0.15) is 0 Å². The molecular formula is C20H33N3O3S. The van der Waals surface area contributed by atoms with E-state index in [-0.39, 0.29) is 5.91 Å². The molecule has 7 heteroatoms. The van der Waals surface area contributed by atoms with Gasteiger partial charge in [-0.05, 0) is 36.5 Å². The molecule has 0 aliphatic carbocycles. The van der Waals surface area contributed by atoms with E-state index < -0.39 is 10.0 Å². The van der Waals surface area contributed by atoms with Crippen molar-refractivity contribution in [3.05, 3.63) is 29.8 Å². The van der Waals surface area contributed by atoms with Crippen molar-refractivity contribution in [1.29, 1.82) is 0 Å². The van der Waals surface area contributed by atoms with E-state index in [0.29, 0.717) is 50.1 Å². The molecule has 1 heterocycles. The second kappa shape index (κ2) is 10.2. The number of nitrogens with one attached hydrogen (secondary N) is 1. The van der Waals surface area contributed by atoms with Gasteiger partial charge in [-0.25, -0.2) is 8.42 Å². The highest BCUT2D eigenvalue weighted by atomic mass is 32.2. The average molecular weight is 396 g/mol. The van der Waals surface area contributed by atoms with Crippen LogP contribution >= 0.6 is 0 Å². The molecule has 1 unspecified atom stereocenters. The van der Waals surface area contributed by atoms with Crippen LogP contribution in [-0.2, 0) is 14.8 Å². The van der Waals surface area contributed by atoms with Crippen LogP contribution < -0.4 is 5.32 Å². The van der Waals surface area contributed by atoms with E-state index in [9.17, 15) is 13.2 Å². The molecule has 0 saturated carbocycles. The van der Waals surface area contributed by atoms with Crippen molar-refractivity contribution in [3.63, 3.8) is 0 Å². The van der Waals surface area contributed by atoms with Crippen LogP contribution in [0.15, 0.2) is 29.2 Å². The fourth-order valence-electron chi connectivity index (χ4n) is 3.14. The quantitative estimate of drug-likeness (QED) is 0.652. The zero-order valence-electron chi connectivity index (χ0n) is 16.8. The van der Waals surface area contributed by atoms with Crippen LogP contribution in [0.3, 0.4) is 0 Å². The van der Waals surface area contributed by atoms with Gasteiger partial charge in [0, 0.05) is 32.7 Å². The number of hydrogen-bond acceptors (Lipinski definition) is 4. The number of nitrogens with zero attached hydrogens (tertiary/aromatic N) is 2. The van der Waals surface area contributed by atoms with Gasteiger partial charge in [0.05, 0.1) is 11.4 Å². The number of unbranched alkanes of at least 4 members (excludes halogenated alkanes) is 1. The molecule has 1 aromatic rings. The first-order chi connectivity index (χ1) is 12.9. The molecule has 0 radical (unpaired) electrons. The normalized spacial score (nSPS) is 17.6. The average Bonchev–Trinajstić information content (AvgIpc) is 2.68. The SMILES string of the molecule is CCCCNC(=O)CN1CCN(S(=O)(=O)c2ccc(C(C)CC)cc2)CC1. The molecule has 27 heavy (non-hydrogen) atoms. The summed E-state index contributed by atoms with van der Waals surface area (Å²) in [5, 5.41) is 2.90. The van der Waals surface area contributed by atoms with Crippen molar-refractivity contribution >= 4 is 15.9 Å². The third kappa shape index (κ3) is 6.02. The lowest BCUT2D eigenvalue weighted by atomic mass is 9.99. The Morgan fingerprint density at radius 1 is 1.11 bits per heavy atom. The van der Waals surface area contributed by atoms with Crippen LogP contribution in [0, 0.1) is 0 Å². The smallest absolute Gasteiger partial charge is 0.243 e. The molecule has 1 saturated heterocycles. The predicted octanol–water partition coefficient (Wildman–Crippen LogP) is 2.42. The van der Waals surface area contributed by atoms with E-state index in [2.05, 4.69) is 26.1 Å². The summed E-state index contributed by atoms with van der Waals surface area (Å²) in [7, 11) is -3.47. The standard InChI is InChI=1S/C20H33N3O3S/c1-4-6-11-21-20(24)16-22-12-14-23(15-13-22)27(25,26)19-9-7-18(8-10-19)17(3)5-2/h7-10,17H,4-6,11-16H2,1-3H3,(H,21,24). The predicted molar refractivity (Wildman–Crippen MR) is 108 cm³/mol. The van der Waals surface area contributed by atoms with E-state index in [1.807, 2.05) is 17.0 Å². The minimum atomic E-state index is -3.47. The molecule has 2 rings (SSSR count). The molecule has 1 N–H and O–H groups in total. The molecule has 6 nitrogen and oxygen atoms in total. The maximum atomic E-state index is 12.9. The van der Waals surface area contributed by atoms with Gasteiger partial charge in [-0.3, -0.25) is 9.69 Å². The van der Waals surface area contributed by atoms with Crippen molar-refractivity contribution in [2.24, 2.45) is 0 Å². The molecule has 1 aliphatic heterocycles. The second-order valence-electron chi connectivity index (χ2n) is 7.26. The van der Waals surface area contributed by atoms with Crippen LogP contribution in [0.1, 0.15) is 51.5 Å². The minimum absolute atomic E-state index is 0.0142. The van der Waals surface area contributed by atoms with Crippen LogP contribution in [-0.4, -0.2) is 62.8 Å². The molecule has 0 aromatic heterocycles. The number of piperazine rings is 1. The maximum Gasteiger partial charge on any atom is 0.243 e. The van der Waals surface area contributed by atoms with Crippen LogP contribution in [0.5, 0.6) is 0 Å². The van der Waals surface area contributed by atoms with Gasteiger partial charge in [-0.1, -0.05) is 39.3 Å². The molecule has 1 aliphatic rings. The monoisotopic (exact) mass is 395 g/mol. The van der Waals surface area contributed by atoms with Crippen LogP contribution in [0.25, 0.3) is 0 Å². The van der Waals surface area contributed by atoms with Crippen molar-refractivity contribution in [2.45, 2.75) is 50.8 Å². The van der Waals surface area contributed by atoms with Gasteiger partial charge >= 0.3 is 0 Å². The number of sulfonamides is 1. The zero-order valence-corrected chi connectivity index (χ0v) is 17.6. The Labute approximate surface area is 164 Å². The first-order valence-corrected chi connectivity index (χ1v) is 11.4. The number of rotatable bonds is 9. The summed E-state index contributed by atoms with van der Waals surface area (Å²) in [6, 6.07) is 7.25. The van der Waals surface area contributed by atoms with Gasteiger partial charge in [-0.2, -0.15) is 4.31 Å². The van der Waals surface area contributed by atoms with Crippen molar-refractivity contribution in [1.82, 2.24) is 14.5 Å². The Kier molecular flexibility index (Phi) is 8.26. The molecule has 1 amide bonds. The summed E-state index contributed by atoms with van der Waals surface area (Å²) in [5.74, 6) is 0.439. The van der Waals surface area contributed by atoms with Gasteiger partial charge in [-0.15, -0.1) is 0 Å². The van der Waals surface area contributed by atoms with Gasteiger partial charge < -0.3 is 5.32 Å². The summed E-state index contributed by atoms with van der Waals surface area (Å²) in [4.78, 5) is 14.3. The number of carbonyl (C=O) groups is 1. The van der Waals surface area contributed by atoms with Gasteiger partial charge in [0.15, 0.2) is 0 Å². The van der Waals surface area contributed by atoms with E-state index >= 15 is 0 Å². The highest BCUT2D eigenvalue weighted by molar-refractivity contribution is 7.89. The van der Waals surface area contributed by atoms with Crippen molar-refractivity contribution < 1.29 is 13.2 Å². The van der Waals surface area contributed by atoms with Crippen molar-refractivity contribution in [3.8, 4) is 0 Å². The molecular weight excluding hydrogens is 362 g/mol. The number of benzene rings is 1. The summed E-state index contributed by atoms with van der Waals surface area (Å²) in [5.41, 5.74) is 1.16. The maximum absolute atomic E-state index is 12.9. The van der Waals surface area contributed by atoms with Gasteiger partial charge in [0.2, 0.25) is 15.9 Å². The highest BCUT2D eigenvalue weighted by Gasteiger charge is 2.29. The molecule has 1 fully saturated rings. The van der Waals surface area contributed by atoms with E-state index in [1.54, 1.807) is 12.1 Å². The Bertz CT molecular complexity index is 696. The Morgan fingerprint density at radius 2 is 1.74 bits per heavy atom.